The fraction of sp³-hybridized carbons (Fsp3) is 0.200. The van der Waals surface area contributed by atoms with E-state index in [1.54, 1.807) is 12.1 Å². The number of hydrogen-bond donors (Lipinski definition) is 1. The van der Waals surface area contributed by atoms with Gasteiger partial charge in [0, 0.05) is 7.05 Å². The fourth-order valence-electron chi connectivity index (χ4n) is 1.82. The van der Waals surface area contributed by atoms with Crippen LogP contribution in [-0.2, 0) is 21.4 Å². The molecule has 0 aliphatic heterocycles. The van der Waals surface area contributed by atoms with Crippen LogP contribution in [0.2, 0.25) is 0 Å². The minimum Gasteiger partial charge on any atom is -0.467 e. The highest BCUT2D eigenvalue weighted by atomic mass is 32.2. The molecule has 120 valence electrons. The highest BCUT2D eigenvalue weighted by molar-refractivity contribution is 7.89. The molecule has 2 aromatic rings. The predicted molar refractivity (Wildman–Crippen MR) is 81.5 cm³/mol. The number of rotatable bonds is 6. The van der Waals surface area contributed by atoms with Crippen LogP contribution in [0.4, 0.5) is 0 Å². The fourth-order valence-corrected chi connectivity index (χ4v) is 2.95. The minimum absolute atomic E-state index is 0.0258. The first-order valence-corrected chi connectivity index (χ1v) is 8.13. The second-order valence-electron chi connectivity index (χ2n) is 4.75. The summed E-state index contributed by atoms with van der Waals surface area (Å²) < 4.78 is 30.7. The van der Waals surface area contributed by atoms with Crippen molar-refractivity contribution >= 4 is 15.9 Å². The zero-order valence-electron chi connectivity index (χ0n) is 12.4. The smallest absolute Gasteiger partial charge is 0.243 e. The van der Waals surface area contributed by atoms with E-state index in [-0.39, 0.29) is 18.0 Å². The number of nitrogens with zero attached hydrogens (tertiary/aromatic N) is 2. The van der Waals surface area contributed by atoms with E-state index in [2.05, 4.69) is 5.32 Å². The van der Waals surface area contributed by atoms with Gasteiger partial charge in [-0.2, -0.15) is 9.57 Å². The third-order valence-electron chi connectivity index (χ3n) is 3.10. The molecule has 2 rings (SSSR count). The summed E-state index contributed by atoms with van der Waals surface area (Å²) in [5, 5.41) is 11.3. The van der Waals surface area contributed by atoms with Crippen molar-refractivity contribution in [2.45, 2.75) is 11.4 Å². The molecule has 1 amide bonds. The van der Waals surface area contributed by atoms with Crippen LogP contribution in [0.3, 0.4) is 0 Å². The lowest BCUT2D eigenvalue weighted by atomic mass is 10.2. The maximum absolute atomic E-state index is 12.3. The normalized spacial score (nSPS) is 11.2. The molecule has 1 N–H and O–H groups in total. The second kappa shape index (κ2) is 7.09. The second-order valence-corrected chi connectivity index (χ2v) is 6.80. The minimum atomic E-state index is -3.79. The molecular weight excluding hydrogens is 318 g/mol. The van der Waals surface area contributed by atoms with Crippen molar-refractivity contribution < 1.29 is 17.6 Å². The van der Waals surface area contributed by atoms with Crippen LogP contribution in [0.25, 0.3) is 0 Å². The average Bonchev–Trinajstić information content (AvgIpc) is 3.06. The number of hydrogen-bond acceptors (Lipinski definition) is 5. The molecule has 0 aliphatic rings. The average molecular weight is 333 g/mol. The summed E-state index contributed by atoms with van der Waals surface area (Å²) >= 11 is 0. The molecule has 0 bridgehead atoms. The van der Waals surface area contributed by atoms with E-state index in [4.69, 9.17) is 9.68 Å². The molecule has 0 saturated heterocycles. The zero-order chi connectivity index (χ0) is 16.9. The van der Waals surface area contributed by atoms with E-state index >= 15 is 0 Å². The summed E-state index contributed by atoms with van der Waals surface area (Å²) in [4.78, 5) is 11.9. The van der Waals surface area contributed by atoms with Crippen molar-refractivity contribution in [2.75, 3.05) is 13.6 Å². The first kappa shape index (κ1) is 16.7. The number of nitriles is 1. The van der Waals surface area contributed by atoms with E-state index in [0.717, 1.165) is 4.31 Å². The van der Waals surface area contributed by atoms with Gasteiger partial charge in [-0.25, -0.2) is 8.42 Å². The van der Waals surface area contributed by atoms with E-state index in [9.17, 15) is 13.2 Å². The Hall–Kier alpha value is -2.63. The third-order valence-corrected chi connectivity index (χ3v) is 4.92. The Bertz CT molecular complexity index is 805. The molecule has 1 heterocycles. The topological polar surface area (TPSA) is 103 Å². The third kappa shape index (κ3) is 4.18. The summed E-state index contributed by atoms with van der Waals surface area (Å²) in [6.07, 6.45) is 1.49. The van der Waals surface area contributed by atoms with Gasteiger partial charge in [-0.05, 0) is 36.4 Å². The number of sulfonamides is 1. The number of furan rings is 1. The van der Waals surface area contributed by atoms with Gasteiger partial charge in [0.2, 0.25) is 15.9 Å². The van der Waals surface area contributed by atoms with Gasteiger partial charge < -0.3 is 9.73 Å². The molecule has 7 nitrogen and oxygen atoms in total. The van der Waals surface area contributed by atoms with Crippen LogP contribution in [0.1, 0.15) is 11.3 Å². The summed E-state index contributed by atoms with van der Waals surface area (Å²) in [7, 11) is -2.47. The molecule has 1 aromatic heterocycles. The lowest BCUT2D eigenvalue weighted by molar-refractivity contribution is -0.121. The predicted octanol–water partition coefficient (Wildman–Crippen LogP) is 1.09. The first-order valence-electron chi connectivity index (χ1n) is 6.69. The number of benzene rings is 1. The van der Waals surface area contributed by atoms with Crippen molar-refractivity contribution in [1.29, 1.82) is 5.26 Å². The van der Waals surface area contributed by atoms with E-state index < -0.39 is 15.9 Å². The van der Waals surface area contributed by atoms with E-state index in [1.165, 1.54) is 37.6 Å². The lowest BCUT2D eigenvalue weighted by Gasteiger charge is -2.16. The number of carbonyl (C=O) groups excluding carboxylic acids is 1. The van der Waals surface area contributed by atoms with Gasteiger partial charge in [0.25, 0.3) is 0 Å². The lowest BCUT2D eigenvalue weighted by Crippen LogP contribution is -2.38. The number of carbonyl (C=O) groups is 1. The Labute approximate surface area is 134 Å². The molecule has 8 heteroatoms. The Morgan fingerprint density at radius 1 is 1.30 bits per heavy atom. The van der Waals surface area contributed by atoms with Crippen molar-refractivity contribution in [3.63, 3.8) is 0 Å². The van der Waals surface area contributed by atoms with Gasteiger partial charge in [-0.3, -0.25) is 4.79 Å². The van der Waals surface area contributed by atoms with Crippen LogP contribution in [0, 0.1) is 11.3 Å². The standard InChI is InChI=1S/C15H15N3O4S/c1-18(11-15(19)17-10-13-3-2-8-22-13)23(20,21)14-6-4-12(9-16)5-7-14/h2-8H,10-11H2,1H3,(H,17,19). The zero-order valence-corrected chi connectivity index (χ0v) is 13.2. The van der Waals surface area contributed by atoms with Gasteiger partial charge in [-0.1, -0.05) is 0 Å². The Morgan fingerprint density at radius 2 is 2.00 bits per heavy atom. The Morgan fingerprint density at radius 3 is 2.57 bits per heavy atom. The maximum Gasteiger partial charge on any atom is 0.243 e. The largest absolute Gasteiger partial charge is 0.467 e. The Kier molecular flexibility index (Phi) is 5.16. The maximum atomic E-state index is 12.3. The molecule has 1 aromatic carbocycles. The van der Waals surface area contributed by atoms with Crippen LogP contribution >= 0.6 is 0 Å². The molecule has 0 fully saturated rings. The van der Waals surface area contributed by atoms with E-state index in [1.807, 2.05) is 6.07 Å². The Balaban J connectivity index is 1.98. The van der Waals surface area contributed by atoms with Crippen LogP contribution < -0.4 is 5.32 Å². The molecule has 0 aliphatic carbocycles. The summed E-state index contributed by atoms with van der Waals surface area (Å²) in [6, 6.07) is 10.8. The summed E-state index contributed by atoms with van der Waals surface area (Å²) in [5.41, 5.74) is 0.364. The van der Waals surface area contributed by atoms with Crippen LogP contribution in [0.5, 0.6) is 0 Å². The number of nitrogens with one attached hydrogen (secondary N) is 1. The number of likely N-dealkylation sites (N-methyl/N-ethyl adjacent to an activating group) is 1. The van der Waals surface area contributed by atoms with Crippen molar-refractivity contribution in [3.8, 4) is 6.07 Å². The van der Waals surface area contributed by atoms with Gasteiger partial charge in [0.05, 0.1) is 35.9 Å². The van der Waals surface area contributed by atoms with Crippen LogP contribution in [0.15, 0.2) is 52.0 Å². The number of amides is 1. The molecule has 0 spiro atoms. The van der Waals surface area contributed by atoms with E-state index in [0.29, 0.717) is 11.3 Å². The molecule has 0 unspecified atom stereocenters. The van der Waals surface area contributed by atoms with Crippen molar-refractivity contribution in [2.24, 2.45) is 0 Å². The molecule has 0 saturated carbocycles. The van der Waals surface area contributed by atoms with Gasteiger partial charge >= 0.3 is 0 Å². The van der Waals surface area contributed by atoms with Gasteiger partial charge in [-0.15, -0.1) is 0 Å². The van der Waals surface area contributed by atoms with Gasteiger partial charge in [0.1, 0.15) is 5.76 Å². The molecule has 0 radical (unpaired) electrons. The van der Waals surface area contributed by atoms with Crippen molar-refractivity contribution in [1.82, 2.24) is 9.62 Å². The summed E-state index contributed by atoms with van der Waals surface area (Å²) in [6.45, 7) is -0.125. The highest BCUT2D eigenvalue weighted by Gasteiger charge is 2.22. The summed E-state index contributed by atoms with van der Waals surface area (Å²) in [5.74, 6) is 0.136. The monoisotopic (exact) mass is 333 g/mol. The SMILES string of the molecule is CN(CC(=O)NCc1ccco1)S(=O)(=O)c1ccc(C#N)cc1. The van der Waals surface area contributed by atoms with Crippen LogP contribution in [-0.4, -0.2) is 32.2 Å². The quantitative estimate of drug-likeness (QED) is 0.852. The van der Waals surface area contributed by atoms with Gasteiger partial charge in [0.15, 0.2) is 0 Å². The molecule has 23 heavy (non-hydrogen) atoms. The highest BCUT2D eigenvalue weighted by Crippen LogP contribution is 2.14. The first-order chi connectivity index (χ1) is 10.9. The molecule has 0 atom stereocenters. The molecular formula is C15H15N3O4S. The van der Waals surface area contributed by atoms with Crippen molar-refractivity contribution in [3.05, 3.63) is 54.0 Å².